The molecule has 1 heterocycles. The molecule has 2 rings (SSSR count). The van der Waals surface area contributed by atoms with Gasteiger partial charge in [-0.05, 0) is 18.6 Å². The van der Waals surface area contributed by atoms with Crippen molar-refractivity contribution in [2.45, 2.75) is 18.9 Å². The summed E-state index contributed by atoms with van der Waals surface area (Å²) in [5.74, 6) is 0. The summed E-state index contributed by atoms with van der Waals surface area (Å²) >= 11 is 0. The van der Waals surface area contributed by atoms with Crippen LogP contribution in [0, 0.1) is 18.3 Å². The van der Waals surface area contributed by atoms with E-state index >= 15 is 0 Å². The van der Waals surface area contributed by atoms with E-state index in [1.54, 1.807) is 0 Å². The Balaban J connectivity index is 2.21. The maximum atomic E-state index is 9.18. The molecule has 1 aromatic rings. The zero-order chi connectivity index (χ0) is 10.7. The molecule has 0 aromatic heterocycles. The molecule has 0 saturated carbocycles. The topological polar surface area (TPSA) is 45.0 Å². The van der Waals surface area contributed by atoms with Crippen LogP contribution >= 0.6 is 0 Å². The second kappa shape index (κ2) is 3.92. The normalized spacial score (nSPS) is 24.8. The average Bonchev–Trinajstić information content (AvgIpc) is 2.71. The minimum atomic E-state index is -0.536. The predicted molar refractivity (Wildman–Crippen MR) is 58.6 cm³/mol. The van der Waals surface area contributed by atoms with Crippen LogP contribution in [0.25, 0.3) is 0 Å². The number of benzene rings is 1. The lowest BCUT2D eigenvalue weighted by molar-refractivity contribution is 0.189. The molecule has 1 saturated heterocycles. The van der Waals surface area contributed by atoms with Crippen molar-refractivity contribution in [1.29, 1.82) is 5.26 Å². The molecule has 1 aliphatic heterocycles. The van der Waals surface area contributed by atoms with Gasteiger partial charge in [0.15, 0.2) is 5.54 Å². The molecule has 0 bridgehead atoms. The molecule has 1 unspecified atom stereocenters. The van der Waals surface area contributed by atoms with Gasteiger partial charge < -0.3 is 10.1 Å². The van der Waals surface area contributed by atoms with Crippen molar-refractivity contribution in [1.82, 2.24) is 0 Å². The highest BCUT2D eigenvalue weighted by atomic mass is 16.5. The van der Waals surface area contributed by atoms with Crippen LogP contribution in [0.15, 0.2) is 24.3 Å². The summed E-state index contributed by atoms with van der Waals surface area (Å²) in [6.45, 7) is 3.16. The van der Waals surface area contributed by atoms with E-state index in [-0.39, 0.29) is 0 Å². The monoisotopic (exact) mass is 202 g/mol. The fourth-order valence-corrected chi connectivity index (χ4v) is 1.75. The number of ether oxygens (including phenoxy) is 1. The lowest BCUT2D eigenvalue weighted by atomic mass is 10.00. The van der Waals surface area contributed by atoms with Crippen molar-refractivity contribution < 1.29 is 4.74 Å². The molecular formula is C12H14N2O. The first-order valence-corrected chi connectivity index (χ1v) is 5.09. The summed E-state index contributed by atoms with van der Waals surface area (Å²) in [6.07, 6.45) is 0.748. The Morgan fingerprint density at radius 1 is 1.47 bits per heavy atom. The Hall–Kier alpha value is -1.53. The maximum absolute atomic E-state index is 9.18. The third-order valence-corrected chi connectivity index (χ3v) is 2.75. The van der Waals surface area contributed by atoms with Crippen LogP contribution in [0.4, 0.5) is 5.69 Å². The van der Waals surface area contributed by atoms with E-state index in [0.717, 1.165) is 17.7 Å². The van der Waals surface area contributed by atoms with Crippen molar-refractivity contribution in [3.63, 3.8) is 0 Å². The third kappa shape index (κ3) is 1.95. The van der Waals surface area contributed by atoms with Gasteiger partial charge in [0, 0.05) is 12.1 Å². The number of aryl methyl sites for hydroxylation is 1. The lowest BCUT2D eigenvalue weighted by Crippen LogP contribution is -2.37. The van der Waals surface area contributed by atoms with Crippen LogP contribution < -0.4 is 5.32 Å². The van der Waals surface area contributed by atoms with Gasteiger partial charge in [-0.3, -0.25) is 0 Å². The van der Waals surface area contributed by atoms with Gasteiger partial charge in [0.2, 0.25) is 0 Å². The summed E-state index contributed by atoms with van der Waals surface area (Å²) in [5, 5.41) is 12.5. The molecule has 1 N–H and O–H groups in total. The van der Waals surface area contributed by atoms with E-state index in [1.165, 1.54) is 0 Å². The molecule has 78 valence electrons. The Kier molecular flexibility index (Phi) is 2.61. The lowest BCUT2D eigenvalue weighted by Gasteiger charge is -2.22. The molecule has 0 radical (unpaired) electrons. The molecule has 0 spiro atoms. The van der Waals surface area contributed by atoms with E-state index in [1.807, 2.05) is 31.2 Å². The summed E-state index contributed by atoms with van der Waals surface area (Å²) < 4.78 is 5.28. The molecule has 3 heteroatoms. The van der Waals surface area contributed by atoms with Crippen LogP contribution in [0.1, 0.15) is 12.0 Å². The summed E-state index contributed by atoms with van der Waals surface area (Å²) in [7, 11) is 0. The molecule has 3 nitrogen and oxygen atoms in total. The van der Waals surface area contributed by atoms with Crippen LogP contribution in [-0.2, 0) is 4.74 Å². The number of rotatable bonds is 2. The van der Waals surface area contributed by atoms with Gasteiger partial charge in [-0.2, -0.15) is 5.26 Å². The van der Waals surface area contributed by atoms with E-state index in [2.05, 4.69) is 11.4 Å². The molecular weight excluding hydrogens is 188 g/mol. The van der Waals surface area contributed by atoms with Gasteiger partial charge >= 0.3 is 0 Å². The molecule has 0 aliphatic carbocycles. The highest BCUT2D eigenvalue weighted by Gasteiger charge is 2.35. The van der Waals surface area contributed by atoms with Gasteiger partial charge in [0.1, 0.15) is 0 Å². The smallest absolute Gasteiger partial charge is 0.151 e. The maximum Gasteiger partial charge on any atom is 0.151 e. The first-order valence-electron chi connectivity index (χ1n) is 5.09. The Morgan fingerprint density at radius 3 is 2.87 bits per heavy atom. The minimum Gasteiger partial charge on any atom is -0.378 e. The van der Waals surface area contributed by atoms with E-state index in [4.69, 9.17) is 4.74 Å². The van der Waals surface area contributed by atoms with E-state index < -0.39 is 5.54 Å². The third-order valence-electron chi connectivity index (χ3n) is 2.75. The first kappa shape index (κ1) is 10.0. The largest absolute Gasteiger partial charge is 0.378 e. The number of hydrogen-bond donors (Lipinski definition) is 1. The summed E-state index contributed by atoms with van der Waals surface area (Å²) in [6, 6.07) is 10.3. The second-order valence-electron chi connectivity index (χ2n) is 3.94. The minimum absolute atomic E-state index is 0.470. The van der Waals surface area contributed by atoms with Gasteiger partial charge in [-0.15, -0.1) is 0 Å². The molecule has 1 aromatic carbocycles. The van der Waals surface area contributed by atoms with Crippen molar-refractivity contribution in [3.8, 4) is 6.07 Å². The van der Waals surface area contributed by atoms with Gasteiger partial charge in [0.05, 0.1) is 19.3 Å². The highest BCUT2D eigenvalue weighted by Crippen LogP contribution is 2.25. The van der Waals surface area contributed by atoms with Gasteiger partial charge in [-0.25, -0.2) is 0 Å². The number of nitrogens with zero attached hydrogens (tertiary/aromatic N) is 1. The van der Waals surface area contributed by atoms with Crippen LogP contribution in [-0.4, -0.2) is 18.8 Å². The fourth-order valence-electron chi connectivity index (χ4n) is 1.75. The van der Waals surface area contributed by atoms with Crippen LogP contribution in [0.3, 0.4) is 0 Å². The van der Waals surface area contributed by atoms with Crippen LogP contribution in [0.5, 0.6) is 0 Å². The zero-order valence-electron chi connectivity index (χ0n) is 8.79. The highest BCUT2D eigenvalue weighted by molar-refractivity contribution is 5.54. The van der Waals surface area contributed by atoms with Crippen molar-refractivity contribution in [2.75, 3.05) is 18.5 Å². The Bertz CT molecular complexity index is 389. The molecule has 1 aliphatic rings. The van der Waals surface area contributed by atoms with Crippen molar-refractivity contribution in [2.24, 2.45) is 0 Å². The molecule has 0 amide bonds. The molecule has 1 atom stereocenters. The fraction of sp³-hybridized carbons (Fsp3) is 0.417. The summed E-state index contributed by atoms with van der Waals surface area (Å²) in [4.78, 5) is 0. The molecule has 1 fully saturated rings. The summed E-state index contributed by atoms with van der Waals surface area (Å²) in [5.41, 5.74) is 1.63. The average molecular weight is 202 g/mol. The molecule has 15 heavy (non-hydrogen) atoms. The number of nitriles is 1. The second-order valence-corrected chi connectivity index (χ2v) is 3.94. The zero-order valence-corrected chi connectivity index (χ0v) is 8.79. The standard InChI is InChI=1S/C12H14N2O/c1-10-4-2-3-5-11(10)14-12(8-13)6-7-15-9-12/h2-5,14H,6-7,9H2,1H3. The predicted octanol–water partition coefficient (Wildman–Crippen LogP) is 2.09. The van der Waals surface area contributed by atoms with Crippen molar-refractivity contribution in [3.05, 3.63) is 29.8 Å². The van der Waals surface area contributed by atoms with E-state index in [0.29, 0.717) is 13.2 Å². The first-order chi connectivity index (χ1) is 7.26. The number of nitrogens with one attached hydrogen (secondary N) is 1. The van der Waals surface area contributed by atoms with Crippen molar-refractivity contribution >= 4 is 5.69 Å². The van der Waals surface area contributed by atoms with Gasteiger partial charge in [0.25, 0.3) is 0 Å². The number of para-hydroxylation sites is 1. The van der Waals surface area contributed by atoms with Crippen LogP contribution in [0.2, 0.25) is 0 Å². The number of hydrogen-bond acceptors (Lipinski definition) is 3. The van der Waals surface area contributed by atoms with E-state index in [9.17, 15) is 5.26 Å². The van der Waals surface area contributed by atoms with Gasteiger partial charge in [-0.1, -0.05) is 18.2 Å². The Morgan fingerprint density at radius 2 is 2.27 bits per heavy atom. The number of anilines is 1. The quantitative estimate of drug-likeness (QED) is 0.798. The Labute approximate surface area is 89.7 Å². The SMILES string of the molecule is Cc1ccccc1NC1(C#N)CCOC1.